The number of halogens is 2. The number of rotatable bonds is 12. The number of anilines is 1. The zero-order valence-electron chi connectivity index (χ0n) is 25.5. The van der Waals surface area contributed by atoms with E-state index in [0.29, 0.717) is 22.0 Å². The van der Waals surface area contributed by atoms with E-state index in [1.165, 1.54) is 24.1 Å². The van der Waals surface area contributed by atoms with Gasteiger partial charge in [0, 0.05) is 22.6 Å². The smallest absolute Gasteiger partial charge is 0.264 e. The first kappa shape index (κ1) is 33.6. The van der Waals surface area contributed by atoms with Gasteiger partial charge in [-0.3, -0.25) is 13.9 Å². The van der Waals surface area contributed by atoms with E-state index in [1.807, 2.05) is 20.8 Å². The maximum Gasteiger partial charge on any atom is 0.264 e. The minimum Gasteiger partial charge on any atom is -0.495 e. The molecular weight excluding hydrogens is 621 g/mol. The predicted octanol–water partition coefficient (Wildman–Crippen LogP) is 6.68. The van der Waals surface area contributed by atoms with Gasteiger partial charge in [0.15, 0.2) is 0 Å². The molecule has 0 bridgehead atoms. The van der Waals surface area contributed by atoms with Gasteiger partial charge in [-0.05, 0) is 80.6 Å². The minimum absolute atomic E-state index is 0.0190. The van der Waals surface area contributed by atoms with Gasteiger partial charge in [-0.1, -0.05) is 72.8 Å². The molecule has 0 heterocycles. The highest BCUT2D eigenvalue weighted by molar-refractivity contribution is 7.92. The normalized spacial score (nSPS) is 14.2. The van der Waals surface area contributed by atoms with Crippen molar-refractivity contribution >= 4 is 50.7 Å². The minimum atomic E-state index is -4.24. The van der Waals surface area contributed by atoms with Crippen molar-refractivity contribution in [1.29, 1.82) is 0 Å². The number of ether oxygens (including phenoxy) is 1. The first-order valence-electron chi connectivity index (χ1n) is 14.7. The summed E-state index contributed by atoms with van der Waals surface area (Å²) in [5, 5.41) is 3.88. The van der Waals surface area contributed by atoms with Crippen LogP contribution in [-0.2, 0) is 26.2 Å². The van der Waals surface area contributed by atoms with Crippen LogP contribution in [0.25, 0.3) is 0 Å². The van der Waals surface area contributed by atoms with Crippen molar-refractivity contribution in [2.75, 3.05) is 18.0 Å². The number of amides is 2. The van der Waals surface area contributed by atoms with Crippen molar-refractivity contribution in [1.82, 2.24) is 10.2 Å². The molecule has 4 rings (SSSR count). The number of nitrogens with one attached hydrogen (secondary N) is 1. The summed E-state index contributed by atoms with van der Waals surface area (Å²) in [6, 6.07) is 15.7. The van der Waals surface area contributed by atoms with E-state index in [-0.39, 0.29) is 34.8 Å². The number of hydrogen-bond acceptors (Lipinski definition) is 5. The van der Waals surface area contributed by atoms with Crippen molar-refractivity contribution in [2.45, 2.75) is 76.4 Å². The second-order valence-corrected chi connectivity index (χ2v) is 13.9. The van der Waals surface area contributed by atoms with Crippen LogP contribution in [-0.4, -0.2) is 50.9 Å². The lowest BCUT2D eigenvalue weighted by Gasteiger charge is -2.34. The molecule has 8 nitrogen and oxygen atoms in total. The number of aryl methyl sites for hydroxylation is 2. The van der Waals surface area contributed by atoms with Gasteiger partial charge in [0.05, 0.1) is 17.7 Å². The highest BCUT2D eigenvalue weighted by atomic mass is 35.5. The monoisotopic (exact) mass is 659 g/mol. The quantitative estimate of drug-likeness (QED) is 0.234. The molecule has 1 fully saturated rings. The maximum atomic E-state index is 14.4. The van der Waals surface area contributed by atoms with Gasteiger partial charge in [-0.25, -0.2) is 8.42 Å². The van der Waals surface area contributed by atoms with Crippen LogP contribution in [0.15, 0.2) is 65.6 Å². The third kappa shape index (κ3) is 7.86. The van der Waals surface area contributed by atoms with Crippen LogP contribution < -0.4 is 14.4 Å². The van der Waals surface area contributed by atoms with Crippen LogP contribution in [0.4, 0.5) is 5.69 Å². The van der Waals surface area contributed by atoms with E-state index in [0.717, 1.165) is 41.1 Å². The van der Waals surface area contributed by atoms with E-state index in [2.05, 4.69) is 5.32 Å². The Hall–Kier alpha value is -3.27. The van der Waals surface area contributed by atoms with Gasteiger partial charge >= 0.3 is 0 Å². The molecule has 0 spiro atoms. The predicted molar refractivity (Wildman–Crippen MR) is 175 cm³/mol. The van der Waals surface area contributed by atoms with Crippen molar-refractivity contribution in [2.24, 2.45) is 0 Å². The number of sulfonamides is 1. The first-order chi connectivity index (χ1) is 20.9. The summed E-state index contributed by atoms with van der Waals surface area (Å²) in [5.41, 5.74) is 2.47. The molecule has 0 aromatic heterocycles. The zero-order chi connectivity index (χ0) is 32.0. The van der Waals surface area contributed by atoms with Crippen LogP contribution >= 0.6 is 23.2 Å². The van der Waals surface area contributed by atoms with Crippen LogP contribution in [0.2, 0.25) is 10.0 Å². The van der Waals surface area contributed by atoms with Gasteiger partial charge in [-0.15, -0.1) is 0 Å². The van der Waals surface area contributed by atoms with E-state index in [1.54, 1.807) is 48.5 Å². The molecule has 1 saturated carbocycles. The molecule has 1 aliphatic rings. The number of nitrogens with zero attached hydrogens (tertiary/aromatic N) is 2. The molecule has 44 heavy (non-hydrogen) atoms. The Kier molecular flexibility index (Phi) is 11.2. The van der Waals surface area contributed by atoms with Gasteiger partial charge < -0.3 is 15.0 Å². The lowest BCUT2D eigenvalue weighted by atomic mass is 10.1. The summed E-state index contributed by atoms with van der Waals surface area (Å²) in [6.45, 7) is 4.93. The fourth-order valence-corrected chi connectivity index (χ4v) is 7.35. The molecule has 0 radical (unpaired) electrons. The Morgan fingerprint density at radius 3 is 2.25 bits per heavy atom. The molecule has 1 N–H and O–H groups in total. The van der Waals surface area contributed by atoms with Gasteiger partial charge in [-0.2, -0.15) is 0 Å². The summed E-state index contributed by atoms with van der Waals surface area (Å²) in [5.74, 6) is -0.556. The van der Waals surface area contributed by atoms with Gasteiger partial charge in [0.2, 0.25) is 11.8 Å². The Morgan fingerprint density at radius 2 is 1.64 bits per heavy atom. The van der Waals surface area contributed by atoms with Gasteiger partial charge in [0.1, 0.15) is 18.3 Å². The molecule has 3 aromatic carbocycles. The molecule has 3 aromatic rings. The molecule has 236 valence electrons. The third-order valence-electron chi connectivity index (χ3n) is 7.93. The number of carbonyl (C=O) groups excluding carboxylic acids is 2. The molecular formula is C33H39Cl2N3O5S. The van der Waals surface area contributed by atoms with Crippen molar-refractivity contribution in [3.8, 4) is 5.75 Å². The van der Waals surface area contributed by atoms with Crippen molar-refractivity contribution in [3.63, 3.8) is 0 Å². The number of hydrogen-bond donors (Lipinski definition) is 1. The number of carbonyl (C=O) groups is 2. The van der Waals surface area contributed by atoms with Crippen LogP contribution in [0.3, 0.4) is 0 Å². The summed E-state index contributed by atoms with van der Waals surface area (Å²) < 4.78 is 35.1. The maximum absolute atomic E-state index is 14.4. The largest absolute Gasteiger partial charge is 0.495 e. The summed E-state index contributed by atoms with van der Waals surface area (Å²) in [6.07, 6.45) is 4.15. The summed E-state index contributed by atoms with van der Waals surface area (Å²) >= 11 is 12.7. The van der Waals surface area contributed by atoms with Crippen molar-refractivity contribution < 1.29 is 22.7 Å². The van der Waals surface area contributed by atoms with Crippen LogP contribution in [0.5, 0.6) is 5.75 Å². The molecule has 0 unspecified atom stereocenters. The molecule has 1 atom stereocenters. The SMILES string of the molecule is CC[C@H](C(=O)NC1CCCC1)N(Cc1ccc(Cl)cc1Cl)C(=O)CN(c1cc(C)ccc1OC)S(=O)(=O)c1ccc(C)cc1. The average Bonchev–Trinajstić information content (AvgIpc) is 3.50. The third-order valence-corrected chi connectivity index (χ3v) is 10.3. The summed E-state index contributed by atoms with van der Waals surface area (Å²) in [7, 11) is -2.80. The number of methoxy groups -OCH3 is 1. The molecule has 1 aliphatic carbocycles. The summed E-state index contributed by atoms with van der Waals surface area (Å²) in [4.78, 5) is 29.5. The lowest BCUT2D eigenvalue weighted by molar-refractivity contribution is -0.140. The number of benzene rings is 3. The topological polar surface area (TPSA) is 96.0 Å². The lowest BCUT2D eigenvalue weighted by Crippen LogP contribution is -2.53. The Morgan fingerprint density at radius 1 is 0.977 bits per heavy atom. The Balaban J connectivity index is 1.78. The zero-order valence-corrected chi connectivity index (χ0v) is 27.8. The van der Waals surface area contributed by atoms with Gasteiger partial charge in [0.25, 0.3) is 10.0 Å². The fraction of sp³-hybridized carbons (Fsp3) is 0.394. The van der Waals surface area contributed by atoms with Crippen LogP contribution in [0, 0.1) is 13.8 Å². The van der Waals surface area contributed by atoms with E-state index in [9.17, 15) is 18.0 Å². The van der Waals surface area contributed by atoms with E-state index < -0.39 is 28.5 Å². The fourth-order valence-electron chi connectivity index (χ4n) is 5.47. The average molecular weight is 661 g/mol. The molecule has 0 saturated heterocycles. The van der Waals surface area contributed by atoms with E-state index >= 15 is 0 Å². The second kappa shape index (κ2) is 14.7. The first-order valence-corrected chi connectivity index (χ1v) is 16.9. The van der Waals surface area contributed by atoms with Crippen molar-refractivity contribution in [3.05, 3.63) is 87.4 Å². The Labute approximate surface area is 270 Å². The Bertz CT molecular complexity index is 1590. The van der Waals surface area contributed by atoms with E-state index in [4.69, 9.17) is 27.9 Å². The molecule has 11 heteroatoms. The molecule has 0 aliphatic heterocycles. The highest BCUT2D eigenvalue weighted by Crippen LogP contribution is 2.34. The molecule has 2 amide bonds. The highest BCUT2D eigenvalue weighted by Gasteiger charge is 2.35. The second-order valence-electron chi connectivity index (χ2n) is 11.2. The van der Waals surface area contributed by atoms with Crippen LogP contribution in [0.1, 0.15) is 55.7 Å². The standard InChI is InChI=1S/C33H39Cl2N3O5S/c1-5-29(33(40)36-26-8-6-7-9-26)37(20-24-13-14-25(34)19-28(24)35)32(39)21-38(30-18-23(3)12-17-31(30)43-4)44(41,42)27-15-10-22(2)11-16-27/h10-19,26,29H,5-9,20-21H2,1-4H3,(H,36,40)/t29-/m1/s1.